The summed E-state index contributed by atoms with van der Waals surface area (Å²) >= 11 is 0. The maximum absolute atomic E-state index is 13.3. The second-order valence-corrected chi connectivity index (χ2v) is 8.79. The zero-order valence-electron chi connectivity index (χ0n) is 18.5. The van der Waals surface area contributed by atoms with Gasteiger partial charge in [-0.3, -0.25) is 9.10 Å². The van der Waals surface area contributed by atoms with Crippen molar-refractivity contribution >= 4 is 33.8 Å². The molecule has 1 N–H and O–H groups in total. The summed E-state index contributed by atoms with van der Waals surface area (Å²) in [4.78, 5) is 24.1. The number of esters is 1. The Morgan fingerprint density at radius 2 is 1.59 bits per heavy atom. The molecule has 0 aliphatic carbocycles. The molecule has 0 aliphatic rings. The van der Waals surface area contributed by atoms with Crippen molar-refractivity contribution in [3.8, 4) is 5.75 Å². The van der Waals surface area contributed by atoms with Gasteiger partial charge in [0.25, 0.3) is 15.9 Å². The van der Waals surface area contributed by atoms with E-state index < -0.39 is 28.4 Å². The van der Waals surface area contributed by atoms with E-state index in [4.69, 9.17) is 4.74 Å². The van der Waals surface area contributed by atoms with Crippen LogP contribution in [0.15, 0.2) is 88.9 Å². The first-order chi connectivity index (χ1) is 16.3. The SMILES string of the molecule is COC(=O)c1ccc(/C=N\NC(=O)CN(c2ccc(OC)cc2)S(=O)(=O)c2ccccc2)cc1. The van der Waals surface area contributed by atoms with E-state index in [9.17, 15) is 18.0 Å². The molecule has 0 atom stereocenters. The van der Waals surface area contributed by atoms with E-state index in [0.29, 0.717) is 22.6 Å². The highest BCUT2D eigenvalue weighted by molar-refractivity contribution is 7.92. The van der Waals surface area contributed by atoms with Crippen LogP contribution in [-0.4, -0.2) is 47.3 Å². The minimum absolute atomic E-state index is 0.0489. The third-order valence-electron chi connectivity index (χ3n) is 4.71. The number of carbonyl (C=O) groups excluding carboxylic acids is 2. The van der Waals surface area contributed by atoms with Crippen molar-refractivity contribution in [2.45, 2.75) is 4.90 Å². The number of benzene rings is 3. The zero-order valence-corrected chi connectivity index (χ0v) is 19.4. The number of sulfonamides is 1. The number of carbonyl (C=O) groups is 2. The van der Waals surface area contributed by atoms with Gasteiger partial charge >= 0.3 is 5.97 Å². The standard InChI is InChI=1S/C24H23N3O6S/c1-32-21-14-12-20(13-15-21)27(34(30,31)22-6-4-3-5-7-22)17-23(28)26-25-16-18-8-10-19(11-9-18)24(29)33-2/h3-16H,17H2,1-2H3,(H,26,28)/b25-16-. The highest BCUT2D eigenvalue weighted by atomic mass is 32.2. The highest BCUT2D eigenvalue weighted by Gasteiger charge is 2.27. The van der Waals surface area contributed by atoms with Crippen LogP contribution in [-0.2, 0) is 19.6 Å². The molecule has 0 saturated carbocycles. The smallest absolute Gasteiger partial charge is 0.337 e. The Labute approximate surface area is 197 Å². The summed E-state index contributed by atoms with van der Waals surface area (Å²) in [5, 5.41) is 3.88. The van der Waals surface area contributed by atoms with Crippen LogP contribution in [0.3, 0.4) is 0 Å². The van der Waals surface area contributed by atoms with Crippen molar-refractivity contribution in [3.63, 3.8) is 0 Å². The van der Waals surface area contributed by atoms with Gasteiger partial charge in [-0.15, -0.1) is 0 Å². The number of anilines is 1. The summed E-state index contributed by atoms with van der Waals surface area (Å²) in [6.45, 7) is -0.498. The van der Waals surface area contributed by atoms with Crippen LogP contribution in [0.2, 0.25) is 0 Å². The lowest BCUT2D eigenvalue weighted by atomic mass is 10.1. The number of amides is 1. The Bertz CT molecular complexity index is 1260. The van der Waals surface area contributed by atoms with Crippen LogP contribution >= 0.6 is 0 Å². The lowest BCUT2D eigenvalue weighted by Gasteiger charge is -2.23. The van der Waals surface area contributed by atoms with Crippen LogP contribution in [0.1, 0.15) is 15.9 Å². The van der Waals surface area contributed by atoms with Crippen LogP contribution in [0.4, 0.5) is 5.69 Å². The molecule has 0 saturated heterocycles. The molecule has 0 fully saturated rings. The first-order valence-electron chi connectivity index (χ1n) is 10.1. The van der Waals surface area contributed by atoms with E-state index in [1.54, 1.807) is 66.7 Å². The molecule has 9 nitrogen and oxygen atoms in total. The molecule has 0 unspecified atom stereocenters. The number of hydrogen-bond donors (Lipinski definition) is 1. The van der Waals surface area contributed by atoms with Crippen LogP contribution in [0.25, 0.3) is 0 Å². The normalized spacial score (nSPS) is 11.1. The molecule has 0 aliphatic heterocycles. The van der Waals surface area contributed by atoms with Crippen molar-refractivity contribution in [2.75, 3.05) is 25.1 Å². The highest BCUT2D eigenvalue weighted by Crippen LogP contribution is 2.25. The Balaban J connectivity index is 1.77. The number of ether oxygens (including phenoxy) is 2. The molecule has 0 radical (unpaired) electrons. The molecule has 0 bridgehead atoms. The monoisotopic (exact) mass is 481 g/mol. The molecule has 3 rings (SSSR count). The number of nitrogens with one attached hydrogen (secondary N) is 1. The van der Waals surface area contributed by atoms with Crippen LogP contribution in [0, 0.1) is 0 Å². The molecule has 10 heteroatoms. The summed E-state index contributed by atoms with van der Waals surface area (Å²) in [6, 6.07) is 20.5. The first kappa shape index (κ1) is 24.5. The van der Waals surface area contributed by atoms with Crippen molar-refractivity contribution in [3.05, 3.63) is 90.0 Å². The molecular formula is C24H23N3O6S. The van der Waals surface area contributed by atoms with Gasteiger partial charge in [-0.2, -0.15) is 5.10 Å². The van der Waals surface area contributed by atoms with Gasteiger partial charge in [0.1, 0.15) is 12.3 Å². The van der Waals surface area contributed by atoms with Gasteiger partial charge in [0.2, 0.25) is 0 Å². The third-order valence-corrected chi connectivity index (χ3v) is 6.50. The fraction of sp³-hybridized carbons (Fsp3) is 0.125. The third kappa shape index (κ3) is 5.99. The minimum Gasteiger partial charge on any atom is -0.497 e. The second kappa shape index (κ2) is 11.1. The fourth-order valence-electron chi connectivity index (χ4n) is 2.95. The van der Waals surface area contributed by atoms with Gasteiger partial charge in [0, 0.05) is 0 Å². The lowest BCUT2D eigenvalue weighted by Crippen LogP contribution is -2.39. The van der Waals surface area contributed by atoms with Gasteiger partial charge in [0.15, 0.2) is 0 Å². The first-order valence-corrected chi connectivity index (χ1v) is 11.5. The van der Waals surface area contributed by atoms with E-state index in [0.717, 1.165) is 4.31 Å². The van der Waals surface area contributed by atoms with Crippen LogP contribution in [0.5, 0.6) is 5.75 Å². The molecule has 176 valence electrons. The number of nitrogens with zero attached hydrogens (tertiary/aromatic N) is 2. The van der Waals surface area contributed by atoms with Crippen molar-refractivity contribution in [1.82, 2.24) is 5.43 Å². The van der Waals surface area contributed by atoms with E-state index in [1.165, 1.54) is 32.6 Å². The Kier molecular flexibility index (Phi) is 7.99. The Hall–Kier alpha value is -4.18. The number of hydrogen-bond acceptors (Lipinski definition) is 7. The Morgan fingerprint density at radius 3 is 2.18 bits per heavy atom. The van der Waals surface area contributed by atoms with Crippen molar-refractivity contribution in [1.29, 1.82) is 0 Å². The lowest BCUT2D eigenvalue weighted by molar-refractivity contribution is -0.119. The molecule has 0 heterocycles. The summed E-state index contributed by atoms with van der Waals surface area (Å²) in [7, 11) is -1.23. The molecule has 3 aromatic rings. The average Bonchev–Trinajstić information content (AvgIpc) is 2.87. The summed E-state index contributed by atoms with van der Waals surface area (Å²) in [5.74, 6) is -0.555. The Morgan fingerprint density at radius 1 is 0.941 bits per heavy atom. The zero-order chi connectivity index (χ0) is 24.6. The topological polar surface area (TPSA) is 114 Å². The second-order valence-electron chi connectivity index (χ2n) is 6.93. The summed E-state index contributed by atoms with van der Waals surface area (Å²) in [6.07, 6.45) is 1.38. The number of rotatable bonds is 9. The van der Waals surface area contributed by atoms with Gasteiger partial charge < -0.3 is 9.47 Å². The summed E-state index contributed by atoms with van der Waals surface area (Å²) < 4.78 is 37.3. The van der Waals surface area contributed by atoms with E-state index in [1.807, 2.05) is 0 Å². The van der Waals surface area contributed by atoms with Crippen LogP contribution < -0.4 is 14.5 Å². The van der Waals surface area contributed by atoms with Gasteiger partial charge in [-0.05, 0) is 54.1 Å². The van der Waals surface area contributed by atoms with E-state index in [2.05, 4.69) is 15.3 Å². The average molecular weight is 482 g/mol. The predicted octanol–water partition coefficient (Wildman–Crippen LogP) is 2.83. The molecule has 0 spiro atoms. The van der Waals surface area contributed by atoms with Crippen molar-refractivity contribution in [2.24, 2.45) is 5.10 Å². The van der Waals surface area contributed by atoms with Gasteiger partial charge in [-0.25, -0.2) is 18.6 Å². The molecular weight excluding hydrogens is 458 g/mol. The molecule has 1 amide bonds. The minimum atomic E-state index is -4.03. The van der Waals surface area contributed by atoms with E-state index >= 15 is 0 Å². The van der Waals surface area contributed by atoms with E-state index in [-0.39, 0.29) is 4.90 Å². The molecule has 34 heavy (non-hydrogen) atoms. The van der Waals surface area contributed by atoms with Gasteiger partial charge in [-0.1, -0.05) is 30.3 Å². The molecule has 3 aromatic carbocycles. The summed E-state index contributed by atoms with van der Waals surface area (Å²) in [5.41, 5.74) is 3.63. The van der Waals surface area contributed by atoms with Gasteiger partial charge in [0.05, 0.1) is 36.6 Å². The maximum Gasteiger partial charge on any atom is 0.337 e. The van der Waals surface area contributed by atoms with Crippen molar-refractivity contribution < 1.29 is 27.5 Å². The number of hydrazone groups is 1. The number of methoxy groups -OCH3 is 2. The maximum atomic E-state index is 13.3. The fourth-order valence-corrected chi connectivity index (χ4v) is 4.39. The largest absolute Gasteiger partial charge is 0.497 e. The molecule has 0 aromatic heterocycles. The quantitative estimate of drug-likeness (QED) is 0.286. The predicted molar refractivity (Wildman–Crippen MR) is 127 cm³/mol.